The van der Waals surface area contributed by atoms with Crippen LogP contribution < -0.4 is 0 Å². The molecule has 0 fully saturated rings. The van der Waals surface area contributed by atoms with Gasteiger partial charge in [-0.2, -0.15) is 0 Å². The lowest BCUT2D eigenvalue weighted by Crippen LogP contribution is -1.94. The van der Waals surface area contributed by atoms with Crippen molar-refractivity contribution in [2.24, 2.45) is 0 Å². The predicted molar refractivity (Wildman–Crippen MR) is 64.6 cm³/mol. The maximum Gasteiger partial charge on any atom is 0.136 e. The summed E-state index contributed by atoms with van der Waals surface area (Å²) in [6.45, 7) is 2.10. The molecule has 0 N–H and O–H groups in total. The van der Waals surface area contributed by atoms with Gasteiger partial charge in [0.25, 0.3) is 0 Å². The molecular weight excluding hydrogens is 184 g/mol. The highest BCUT2D eigenvalue weighted by molar-refractivity contribution is 5.80. The first kappa shape index (κ1) is 11.7. The van der Waals surface area contributed by atoms with Crippen molar-refractivity contribution >= 4 is 11.9 Å². The Morgan fingerprint density at radius 1 is 1.27 bits per heavy atom. The fourth-order valence-electron chi connectivity index (χ4n) is 1.37. The lowest BCUT2D eigenvalue weighted by molar-refractivity contribution is -0.118. The summed E-state index contributed by atoms with van der Waals surface area (Å²) in [5.74, 6) is 0.337. The molecule has 1 aromatic rings. The van der Waals surface area contributed by atoms with Crippen LogP contribution in [0.1, 0.15) is 38.2 Å². The molecular formula is C14H18O. The minimum atomic E-state index is 0.337. The number of Topliss-reactive ketones (excluding diaryl/α,β-unsaturated/α-hetero) is 1. The monoisotopic (exact) mass is 202 g/mol. The molecule has 0 amide bonds. The topological polar surface area (TPSA) is 17.1 Å². The SMILES string of the molecule is CCCCC(=O)C/C=C/c1ccccc1. The fraction of sp³-hybridized carbons (Fsp3) is 0.357. The van der Waals surface area contributed by atoms with Crippen LogP contribution in [0.15, 0.2) is 36.4 Å². The summed E-state index contributed by atoms with van der Waals surface area (Å²) in [5.41, 5.74) is 1.15. The number of rotatable bonds is 6. The average molecular weight is 202 g/mol. The lowest BCUT2D eigenvalue weighted by atomic mass is 10.1. The van der Waals surface area contributed by atoms with Crippen LogP contribution in [-0.2, 0) is 4.79 Å². The second kappa shape index (κ2) is 6.99. The van der Waals surface area contributed by atoms with E-state index in [4.69, 9.17) is 0 Å². The van der Waals surface area contributed by atoms with Gasteiger partial charge in [-0.15, -0.1) is 0 Å². The Morgan fingerprint density at radius 2 is 2.00 bits per heavy atom. The van der Waals surface area contributed by atoms with Crippen molar-refractivity contribution < 1.29 is 4.79 Å². The normalized spacial score (nSPS) is 10.7. The van der Waals surface area contributed by atoms with Crippen LogP contribution in [0, 0.1) is 0 Å². The Kier molecular flexibility index (Phi) is 5.46. The quantitative estimate of drug-likeness (QED) is 0.684. The molecule has 0 atom stereocenters. The van der Waals surface area contributed by atoms with Gasteiger partial charge in [0.2, 0.25) is 0 Å². The van der Waals surface area contributed by atoms with Gasteiger partial charge in [-0.25, -0.2) is 0 Å². The highest BCUT2D eigenvalue weighted by Crippen LogP contribution is 2.04. The standard InChI is InChI=1S/C14H18O/c1-2-3-11-14(15)12-7-10-13-8-5-4-6-9-13/h4-10H,2-3,11-12H2,1H3/b10-7+. The number of carbonyl (C=O) groups excluding carboxylic acids is 1. The maximum atomic E-state index is 11.3. The summed E-state index contributed by atoms with van der Waals surface area (Å²) in [6, 6.07) is 10.1. The summed E-state index contributed by atoms with van der Waals surface area (Å²) in [6.07, 6.45) is 7.34. The fourth-order valence-corrected chi connectivity index (χ4v) is 1.37. The third-order valence-corrected chi connectivity index (χ3v) is 2.26. The zero-order valence-corrected chi connectivity index (χ0v) is 9.28. The molecule has 1 aromatic carbocycles. The molecule has 1 heteroatoms. The van der Waals surface area contributed by atoms with Crippen molar-refractivity contribution in [3.8, 4) is 0 Å². The molecule has 15 heavy (non-hydrogen) atoms. The number of hydrogen-bond donors (Lipinski definition) is 0. The van der Waals surface area contributed by atoms with Crippen LogP contribution in [0.2, 0.25) is 0 Å². The smallest absolute Gasteiger partial charge is 0.136 e. The molecule has 80 valence electrons. The molecule has 0 heterocycles. The van der Waals surface area contributed by atoms with E-state index in [-0.39, 0.29) is 0 Å². The summed E-state index contributed by atoms with van der Waals surface area (Å²) < 4.78 is 0. The lowest BCUT2D eigenvalue weighted by Gasteiger charge is -1.94. The first-order valence-corrected chi connectivity index (χ1v) is 5.56. The van der Waals surface area contributed by atoms with Gasteiger partial charge < -0.3 is 0 Å². The summed E-state index contributed by atoms with van der Waals surface area (Å²) in [4.78, 5) is 11.3. The summed E-state index contributed by atoms with van der Waals surface area (Å²) in [5, 5.41) is 0. The first-order valence-electron chi connectivity index (χ1n) is 5.56. The molecule has 0 saturated carbocycles. The van der Waals surface area contributed by atoms with Gasteiger partial charge in [0.05, 0.1) is 0 Å². The van der Waals surface area contributed by atoms with E-state index in [9.17, 15) is 4.79 Å². The van der Waals surface area contributed by atoms with Crippen molar-refractivity contribution in [1.29, 1.82) is 0 Å². The Hall–Kier alpha value is -1.37. The highest BCUT2D eigenvalue weighted by Gasteiger charge is 1.96. The van der Waals surface area contributed by atoms with E-state index in [0.717, 1.165) is 24.8 Å². The van der Waals surface area contributed by atoms with E-state index in [1.54, 1.807) is 0 Å². The molecule has 0 aromatic heterocycles. The maximum absolute atomic E-state index is 11.3. The van der Waals surface area contributed by atoms with E-state index >= 15 is 0 Å². The molecule has 0 unspecified atom stereocenters. The van der Waals surface area contributed by atoms with E-state index in [2.05, 4.69) is 6.92 Å². The molecule has 0 spiro atoms. The van der Waals surface area contributed by atoms with E-state index in [1.807, 2.05) is 42.5 Å². The number of ketones is 1. The zero-order valence-electron chi connectivity index (χ0n) is 9.28. The number of allylic oxidation sites excluding steroid dienone is 1. The molecule has 0 bridgehead atoms. The van der Waals surface area contributed by atoms with Crippen molar-refractivity contribution in [3.63, 3.8) is 0 Å². The van der Waals surface area contributed by atoms with E-state index in [0.29, 0.717) is 12.2 Å². The van der Waals surface area contributed by atoms with Gasteiger partial charge in [0, 0.05) is 12.8 Å². The van der Waals surface area contributed by atoms with Gasteiger partial charge in [-0.1, -0.05) is 55.8 Å². The highest BCUT2D eigenvalue weighted by atomic mass is 16.1. The molecule has 1 rings (SSSR count). The number of carbonyl (C=O) groups is 1. The Labute approximate surface area is 91.8 Å². The molecule has 0 saturated heterocycles. The Bertz CT molecular complexity index is 311. The van der Waals surface area contributed by atoms with Crippen molar-refractivity contribution in [1.82, 2.24) is 0 Å². The predicted octanol–water partition coefficient (Wildman–Crippen LogP) is 3.85. The minimum absolute atomic E-state index is 0.337. The number of unbranched alkanes of at least 4 members (excludes halogenated alkanes) is 1. The van der Waals surface area contributed by atoms with Gasteiger partial charge in [-0.3, -0.25) is 4.79 Å². The third kappa shape index (κ3) is 5.16. The van der Waals surface area contributed by atoms with E-state index in [1.165, 1.54) is 0 Å². The van der Waals surface area contributed by atoms with Crippen LogP contribution in [0.4, 0.5) is 0 Å². The van der Waals surface area contributed by atoms with Crippen LogP contribution in [-0.4, -0.2) is 5.78 Å². The minimum Gasteiger partial charge on any atom is -0.299 e. The van der Waals surface area contributed by atoms with Crippen molar-refractivity contribution in [2.45, 2.75) is 32.6 Å². The van der Waals surface area contributed by atoms with Gasteiger partial charge in [-0.05, 0) is 12.0 Å². The van der Waals surface area contributed by atoms with Crippen LogP contribution in [0.25, 0.3) is 6.08 Å². The van der Waals surface area contributed by atoms with Crippen LogP contribution in [0.5, 0.6) is 0 Å². The second-order valence-electron chi connectivity index (χ2n) is 3.66. The molecule has 1 nitrogen and oxygen atoms in total. The summed E-state index contributed by atoms with van der Waals surface area (Å²) >= 11 is 0. The summed E-state index contributed by atoms with van der Waals surface area (Å²) in [7, 11) is 0. The Balaban J connectivity index is 2.31. The molecule has 0 aliphatic rings. The van der Waals surface area contributed by atoms with Crippen LogP contribution in [0.3, 0.4) is 0 Å². The second-order valence-corrected chi connectivity index (χ2v) is 3.66. The van der Waals surface area contributed by atoms with Gasteiger partial charge >= 0.3 is 0 Å². The number of hydrogen-bond acceptors (Lipinski definition) is 1. The van der Waals surface area contributed by atoms with Crippen LogP contribution >= 0.6 is 0 Å². The van der Waals surface area contributed by atoms with E-state index < -0.39 is 0 Å². The van der Waals surface area contributed by atoms with Crippen molar-refractivity contribution in [2.75, 3.05) is 0 Å². The first-order chi connectivity index (χ1) is 7.33. The van der Waals surface area contributed by atoms with Gasteiger partial charge in [0.15, 0.2) is 0 Å². The van der Waals surface area contributed by atoms with Gasteiger partial charge in [0.1, 0.15) is 5.78 Å². The van der Waals surface area contributed by atoms with Crippen molar-refractivity contribution in [3.05, 3.63) is 42.0 Å². The average Bonchev–Trinajstić information content (AvgIpc) is 2.28. The Morgan fingerprint density at radius 3 is 2.67 bits per heavy atom. The number of benzene rings is 1. The molecule has 0 radical (unpaired) electrons. The molecule has 0 aliphatic heterocycles. The zero-order chi connectivity index (χ0) is 10.9. The molecule has 0 aliphatic carbocycles. The largest absolute Gasteiger partial charge is 0.299 e. The third-order valence-electron chi connectivity index (χ3n) is 2.26.